The van der Waals surface area contributed by atoms with Crippen molar-refractivity contribution >= 4 is 0 Å². The topological polar surface area (TPSA) is 60.0 Å². The lowest BCUT2D eigenvalue weighted by atomic mass is 10.0. The van der Waals surface area contributed by atoms with Crippen LogP contribution in [0.25, 0.3) is 0 Å². The summed E-state index contributed by atoms with van der Waals surface area (Å²) >= 11 is 0. The second kappa shape index (κ2) is 5.26. The Hall–Kier alpha value is -1.86. The highest BCUT2D eigenvalue weighted by Gasteiger charge is 2.27. The minimum absolute atomic E-state index is 0.217. The molecule has 20 heavy (non-hydrogen) atoms. The molecule has 1 aliphatic rings. The van der Waals surface area contributed by atoms with Gasteiger partial charge in [0.2, 0.25) is 0 Å². The van der Waals surface area contributed by atoms with Crippen LogP contribution in [0.15, 0.2) is 24.5 Å². The fraction of sp³-hybridized carbons (Fsp3) is 0.385. The molecule has 106 valence electrons. The first-order valence-electron chi connectivity index (χ1n) is 6.45. The number of hydrogen-bond donors (Lipinski definition) is 1. The highest BCUT2D eigenvalue weighted by Crippen LogP contribution is 2.26. The standard InChI is InChI=1S/C13H15F2N5/c14-9-1-2-11(15)10(5-9)12(6-16)19-3-4-20-8-17-18-13(20)7-19/h1-2,5,8,12H,3-4,6-7,16H2. The number of fused-ring (bicyclic) bond motifs is 1. The van der Waals surface area contributed by atoms with Crippen LogP contribution in [-0.2, 0) is 13.1 Å². The van der Waals surface area contributed by atoms with Crippen LogP contribution in [0.3, 0.4) is 0 Å². The number of hydrogen-bond acceptors (Lipinski definition) is 4. The molecule has 1 aromatic heterocycles. The Balaban J connectivity index is 1.89. The van der Waals surface area contributed by atoms with E-state index in [0.717, 1.165) is 24.5 Å². The molecule has 2 aromatic rings. The minimum atomic E-state index is -0.458. The summed E-state index contributed by atoms with van der Waals surface area (Å²) in [6.45, 7) is 2.16. The van der Waals surface area contributed by atoms with Crippen molar-refractivity contribution in [1.82, 2.24) is 19.7 Å². The van der Waals surface area contributed by atoms with Crippen LogP contribution in [0.2, 0.25) is 0 Å². The third-order valence-electron chi connectivity index (χ3n) is 3.65. The molecule has 0 saturated heterocycles. The maximum atomic E-state index is 13.9. The smallest absolute Gasteiger partial charge is 0.147 e. The molecular weight excluding hydrogens is 264 g/mol. The number of nitrogens with two attached hydrogens (primary N) is 1. The number of nitrogens with zero attached hydrogens (tertiary/aromatic N) is 4. The van der Waals surface area contributed by atoms with Gasteiger partial charge in [0.1, 0.15) is 23.8 Å². The molecule has 0 spiro atoms. The van der Waals surface area contributed by atoms with Gasteiger partial charge < -0.3 is 10.3 Å². The van der Waals surface area contributed by atoms with Gasteiger partial charge in [0.15, 0.2) is 0 Å². The monoisotopic (exact) mass is 279 g/mol. The lowest BCUT2D eigenvalue weighted by molar-refractivity contribution is 0.153. The van der Waals surface area contributed by atoms with Crippen LogP contribution in [0.5, 0.6) is 0 Å². The quantitative estimate of drug-likeness (QED) is 0.913. The maximum absolute atomic E-state index is 13.9. The van der Waals surface area contributed by atoms with Gasteiger partial charge in [-0.3, -0.25) is 4.90 Å². The second-order valence-electron chi connectivity index (χ2n) is 4.83. The zero-order chi connectivity index (χ0) is 14.1. The molecule has 0 saturated carbocycles. The average molecular weight is 279 g/mol. The fourth-order valence-corrected chi connectivity index (χ4v) is 2.59. The highest BCUT2D eigenvalue weighted by molar-refractivity contribution is 5.23. The van der Waals surface area contributed by atoms with Crippen molar-refractivity contribution in [3.8, 4) is 0 Å². The van der Waals surface area contributed by atoms with E-state index >= 15 is 0 Å². The zero-order valence-electron chi connectivity index (χ0n) is 10.8. The summed E-state index contributed by atoms with van der Waals surface area (Å²) in [6.07, 6.45) is 1.67. The molecule has 1 atom stereocenters. The molecule has 3 rings (SSSR count). The summed E-state index contributed by atoms with van der Waals surface area (Å²) in [5.74, 6) is -0.0829. The molecular formula is C13H15F2N5. The first-order chi connectivity index (χ1) is 9.69. The number of rotatable bonds is 3. The van der Waals surface area contributed by atoms with Gasteiger partial charge in [0.25, 0.3) is 0 Å². The molecule has 2 heterocycles. The molecule has 1 aromatic carbocycles. The Morgan fingerprint density at radius 2 is 2.15 bits per heavy atom. The molecule has 0 radical (unpaired) electrons. The Morgan fingerprint density at radius 1 is 1.30 bits per heavy atom. The summed E-state index contributed by atoms with van der Waals surface area (Å²) in [5, 5.41) is 7.87. The van der Waals surface area contributed by atoms with Gasteiger partial charge in [-0.1, -0.05) is 0 Å². The van der Waals surface area contributed by atoms with Crippen LogP contribution in [0, 0.1) is 11.6 Å². The summed E-state index contributed by atoms with van der Waals surface area (Å²) in [7, 11) is 0. The first-order valence-corrected chi connectivity index (χ1v) is 6.45. The number of benzene rings is 1. The van der Waals surface area contributed by atoms with E-state index in [0.29, 0.717) is 18.7 Å². The largest absolute Gasteiger partial charge is 0.329 e. The summed E-state index contributed by atoms with van der Waals surface area (Å²) < 4.78 is 29.2. The van der Waals surface area contributed by atoms with Crippen LogP contribution in [-0.4, -0.2) is 32.8 Å². The Bertz CT molecular complexity index is 613. The van der Waals surface area contributed by atoms with E-state index in [1.54, 1.807) is 6.33 Å². The van der Waals surface area contributed by atoms with Crippen molar-refractivity contribution in [2.45, 2.75) is 19.1 Å². The number of halogens is 2. The van der Waals surface area contributed by atoms with Crippen molar-refractivity contribution in [2.24, 2.45) is 5.73 Å². The molecule has 5 nitrogen and oxygen atoms in total. The van der Waals surface area contributed by atoms with Crippen molar-refractivity contribution < 1.29 is 8.78 Å². The highest BCUT2D eigenvalue weighted by atomic mass is 19.1. The van der Waals surface area contributed by atoms with E-state index < -0.39 is 11.6 Å². The van der Waals surface area contributed by atoms with Crippen molar-refractivity contribution in [3.05, 3.63) is 47.5 Å². The van der Waals surface area contributed by atoms with E-state index in [4.69, 9.17) is 5.73 Å². The molecule has 0 amide bonds. The predicted octanol–water partition coefficient (Wildman–Crippen LogP) is 1.07. The zero-order valence-corrected chi connectivity index (χ0v) is 10.8. The van der Waals surface area contributed by atoms with Gasteiger partial charge in [-0.2, -0.15) is 0 Å². The van der Waals surface area contributed by atoms with Crippen LogP contribution >= 0.6 is 0 Å². The summed E-state index contributed by atoms with van der Waals surface area (Å²) in [6, 6.07) is 3.10. The Labute approximate surface area is 115 Å². The van der Waals surface area contributed by atoms with Crippen LogP contribution in [0.1, 0.15) is 17.4 Å². The van der Waals surface area contributed by atoms with Gasteiger partial charge in [0.05, 0.1) is 12.6 Å². The van der Waals surface area contributed by atoms with E-state index in [2.05, 4.69) is 10.2 Å². The first kappa shape index (κ1) is 13.1. The molecule has 1 unspecified atom stereocenters. The second-order valence-corrected chi connectivity index (χ2v) is 4.83. The molecule has 2 N–H and O–H groups in total. The van der Waals surface area contributed by atoms with Crippen molar-refractivity contribution in [3.63, 3.8) is 0 Å². The number of aromatic nitrogens is 3. The van der Waals surface area contributed by atoms with Crippen LogP contribution in [0.4, 0.5) is 8.78 Å². The SMILES string of the molecule is NCC(c1cc(F)ccc1F)N1CCn2cnnc2C1. The summed E-state index contributed by atoms with van der Waals surface area (Å²) in [5.41, 5.74) is 6.07. The lowest BCUT2D eigenvalue weighted by Gasteiger charge is -2.34. The molecule has 0 bridgehead atoms. The Kier molecular flexibility index (Phi) is 3.45. The normalized spacial score (nSPS) is 16.9. The molecule has 1 aliphatic heterocycles. The molecule has 0 aliphatic carbocycles. The Morgan fingerprint density at radius 3 is 2.95 bits per heavy atom. The van der Waals surface area contributed by atoms with Crippen molar-refractivity contribution in [2.75, 3.05) is 13.1 Å². The molecule has 7 heteroatoms. The van der Waals surface area contributed by atoms with E-state index in [-0.39, 0.29) is 12.6 Å². The van der Waals surface area contributed by atoms with Gasteiger partial charge in [-0.15, -0.1) is 10.2 Å². The minimum Gasteiger partial charge on any atom is -0.329 e. The maximum Gasteiger partial charge on any atom is 0.147 e. The van der Waals surface area contributed by atoms with Crippen LogP contribution < -0.4 is 5.73 Å². The average Bonchev–Trinajstić information content (AvgIpc) is 2.91. The predicted molar refractivity (Wildman–Crippen MR) is 68.6 cm³/mol. The fourth-order valence-electron chi connectivity index (χ4n) is 2.59. The van der Waals surface area contributed by atoms with Gasteiger partial charge in [-0.05, 0) is 18.2 Å². The van der Waals surface area contributed by atoms with E-state index in [1.807, 2.05) is 9.47 Å². The van der Waals surface area contributed by atoms with Gasteiger partial charge >= 0.3 is 0 Å². The third-order valence-corrected chi connectivity index (χ3v) is 3.65. The van der Waals surface area contributed by atoms with E-state index in [1.165, 1.54) is 6.07 Å². The lowest BCUT2D eigenvalue weighted by Crippen LogP contribution is -2.40. The van der Waals surface area contributed by atoms with Crippen molar-refractivity contribution in [1.29, 1.82) is 0 Å². The third kappa shape index (κ3) is 2.30. The van der Waals surface area contributed by atoms with Gasteiger partial charge in [0, 0.05) is 25.2 Å². The summed E-state index contributed by atoms with van der Waals surface area (Å²) in [4.78, 5) is 2.00. The molecule has 0 fully saturated rings. The van der Waals surface area contributed by atoms with E-state index in [9.17, 15) is 8.78 Å². The van der Waals surface area contributed by atoms with Gasteiger partial charge in [-0.25, -0.2) is 8.78 Å².